The van der Waals surface area contributed by atoms with Gasteiger partial charge in [0.05, 0.1) is 34.1 Å². The van der Waals surface area contributed by atoms with Gasteiger partial charge in [0.1, 0.15) is 0 Å². The lowest BCUT2D eigenvalue weighted by molar-refractivity contribution is 0.101. The number of anilines is 2. The van der Waals surface area contributed by atoms with Gasteiger partial charge in [0, 0.05) is 22.5 Å². The Morgan fingerprint density at radius 1 is 0.526 bits per heavy atom. The quantitative estimate of drug-likeness (QED) is 0.101. The van der Waals surface area contributed by atoms with Crippen molar-refractivity contribution in [3.8, 4) is 23.1 Å². The SMILES string of the molecule is Cc1ccc(-n2nc(C)c(N=Nc3ccc(C(=O)Nc4ccc(NC(=O)c5ccc(N=Nc6c(C)nn(-c7ccc(C)cc7)c6O)cc5)c(C)c4)cc3)c2O)cc1. The number of hydrogen-bond donors (Lipinski definition) is 4. The average molecular weight is 759 g/mol. The predicted octanol–water partition coefficient (Wildman–Crippen LogP) is 10.3. The summed E-state index contributed by atoms with van der Waals surface area (Å²) in [5.74, 6) is -0.897. The Labute approximate surface area is 327 Å². The zero-order chi connectivity index (χ0) is 40.2. The van der Waals surface area contributed by atoms with Crippen LogP contribution < -0.4 is 10.6 Å². The van der Waals surface area contributed by atoms with Crippen LogP contribution in [-0.2, 0) is 0 Å². The molecular weight excluding hydrogens is 721 g/mol. The number of carbonyl (C=O) groups is 2. The summed E-state index contributed by atoms with van der Waals surface area (Å²) in [6.45, 7) is 9.27. The number of aryl methyl sites for hydroxylation is 5. The lowest BCUT2D eigenvalue weighted by atomic mass is 10.1. The third-order valence-electron chi connectivity index (χ3n) is 9.09. The molecule has 0 fully saturated rings. The fourth-order valence-corrected chi connectivity index (χ4v) is 5.83. The highest BCUT2D eigenvalue weighted by Crippen LogP contribution is 2.35. The van der Waals surface area contributed by atoms with E-state index in [9.17, 15) is 19.8 Å². The summed E-state index contributed by atoms with van der Waals surface area (Å²) >= 11 is 0. The summed E-state index contributed by atoms with van der Waals surface area (Å²) in [6, 6.07) is 33.5. The molecular formula is C43H38N10O4. The molecule has 14 nitrogen and oxygen atoms in total. The topological polar surface area (TPSA) is 184 Å². The summed E-state index contributed by atoms with van der Waals surface area (Å²) in [5, 5.41) is 53.0. The van der Waals surface area contributed by atoms with Crippen LogP contribution >= 0.6 is 0 Å². The Morgan fingerprint density at radius 3 is 1.37 bits per heavy atom. The van der Waals surface area contributed by atoms with Crippen molar-refractivity contribution in [1.82, 2.24) is 19.6 Å². The van der Waals surface area contributed by atoms with Gasteiger partial charge in [0.2, 0.25) is 11.8 Å². The van der Waals surface area contributed by atoms with Crippen LogP contribution in [0.5, 0.6) is 11.8 Å². The van der Waals surface area contributed by atoms with E-state index in [1.165, 1.54) is 9.36 Å². The van der Waals surface area contributed by atoms with Gasteiger partial charge in [-0.3, -0.25) is 9.59 Å². The summed E-state index contributed by atoms with van der Waals surface area (Å²) in [4.78, 5) is 26.2. The highest BCUT2D eigenvalue weighted by Gasteiger charge is 2.17. The van der Waals surface area contributed by atoms with Gasteiger partial charge in [-0.05, 0) is 131 Å². The largest absolute Gasteiger partial charge is 0.492 e. The first kappa shape index (κ1) is 37.6. The van der Waals surface area contributed by atoms with E-state index in [0.29, 0.717) is 56.6 Å². The Morgan fingerprint density at radius 2 is 0.947 bits per heavy atom. The number of nitrogens with zero attached hydrogens (tertiary/aromatic N) is 8. The van der Waals surface area contributed by atoms with E-state index < -0.39 is 0 Å². The molecule has 0 aliphatic rings. The Bertz CT molecular complexity index is 2660. The van der Waals surface area contributed by atoms with E-state index >= 15 is 0 Å². The number of nitrogens with one attached hydrogen (secondary N) is 2. The van der Waals surface area contributed by atoms with E-state index in [1.807, 2.05) is 69.3 Å². The Hall–Kier alpha value is -7.74. The maximum Gasteiger partial charge on any atom is 0.255 e. The van der Waals surface area contributed by atoms with Crippen molar-refractivity contribution in [3.05, 3.63) is 154 Å². The van der Waals surface area contributed by atoms with Crippen molar-refractivity contribution < 1.29 is 19.8 Å². The number of carbonyl (C=O) groups excluding carboxylic acids is 2. The van der Waals surface area contributed by atoms with Crippen molar-refractivity contribution in [2.75, 3.05) is 10.6 Å². The highest BCUT2D eigenvalue weighted by molar-refractivity contribution is 6.06. The van der Waals surface area contributed by atoms with Gasteiger partial charge >= 0.3 is 0 Å². The molecule has 57 heavy (non-hydrogen) atoms. The maximum atomic E-state index is 13.1. The molecule has 2 aromatic heterocycles. The lowest BCUT2D eigenvalue weighted by Gasteiger charge is -2.11. The number of benzene rings is 5. The monoisotopic (exact) mass is 758 g/mol. The van der Waals surface area contributed by atoms with E-state index in [4.69, 9.17) is 0 Å². The van der Waals surface area contributed by atoms with Crippen molar-refractivity contribution in [2.24, 2.45) is 20.5 Å². The number of rotatable bonds is 10. The van der Waals surface area contributed by atoms with Crippen molar-refractivity contribution in [1.29, 1.82) is 0 Å². The van der Waals surface area contributed by atoms with Gasteiger partial charge in [-0.15, -0.1) is 10.2 Å². The smallest absolute Gasteiger partial charge is 0.255 e. The molecule has 2 amide bonds. The second kappa shape index (κ2) is 15.9. The van der Waals surface area contributed by atoms with Gasteiger partial charge in [-0.25, -0.2) is 0 Å². The predicted molar refractivity (Wildman–Crippen MR) is 218 cm³/mol. The molecule has 0 spiro atoms. The summed E-state index contributed by atoms with van der Waals surface area (Å²) in [5.41, 5.74) is 8.78. The molecule has 284 valence electrons. The van der Waals surface area contributed by atoms with Crippen LogP contribution in [-0.4, -0.2) is 41.6 Å². The van der Waals surface area contributed by atoms with Gasteiger partial charge < -0.3 is 20.8 Å². The number of hydrogen-bond acceptors (Lipinski definition) is 10. The number of amides is 2. The molecule has 4 N–H and O–H groups in total. The molecule has 7 rings (SSSR count). The van der Waals surface area contributed by atoms with Crippen molar-refractivity contribution >= 4 is 45.9 Å². The third-order valence-corrected chi connectivity index (χ3v) is 9.09. The highest BCUT2D eigenvalue weighted by atomic mass is 16.3. The standard InChI is InChI=1S/C43H38N10O4/c1-25-6-19-35(20-7-25)52-42(56)38(28(4)50-52)48-46-32-14-10-30(11-15-32)40(54)44-34-18-23-37(27(3)24-34)45-41(55)31-12-16-33(17-13-31)47-49-39-29(5)51-53(43(39)57)36-21-8-26(2)9-22-36/h6-24,56-57H,1-5H3,(H,44,54)(H,45,55). The zero-order valence-electron chi connectivity index (χ0n) is 31.8. The average Bonchev–Trinajstić information content (AvgIpc) is 3.66. The van der Waals surface area contributed by atoms with E-state index in [-0.39, 0.29) is 34.9 Å². The molecule has 0 radical (unpaired) electrons. The van der Waals surface area contributed by atoms with Gasteiger partial charge in [-0.2, -0.15) is 29.8 Å². The summed E-state index contributed by atoms with van der Waals surface area (Å²) in [6.07, 6.45) is 0. The molecule has 0 unspecified atom stereocenters. The fraction of sp³-hybridized carbons (Fsp3) is 0.116. The summed E-state index contributed by atoms with van der Waals surface area (Å²) in [7, 11) is 0. The normalized spacial score (nSPS) is 11.4. The van der Waals surface area contributed by atoms with Crippen LogP contribution in [0.1, 0.15) is 48.8 Å². The maximum absolute atomic E-state index is 13.1. The minimum Gasteiger partial charge on any atom is -0.492 e. The van der Waals surface area contributed by atoms with Gasteiger partial charge in [-0.1, -0.05) is 35.4 Å². The minimum absolute atomic E-state index is 0.122. The molecule has 0 saturated heterocycles. The zero-order valence-corrected chi connectivity index (χ0v) is 31.8. The Balaban J connectivity index is 0.941. The van der Waals surface area contributed by atoms with Gasteiger partial charge in [0.25, 0.3) is 11.8 Å². The van der Waals surface area contributed by atoms with Crippen molar-refractivity contribution in [3.63, 3.8) is 0 Å². The van der Waals surface area contributed by atoms with E-state index in [1.54, 1.807) is 80.6 Å². The Kier molecular flexibility index (Phi) is 10.5. The lowest BCUT2D eigenvalue weighted by Crippen LogP contribution is -2.14. The first-order chi connectivity index (χ1) is 27.4. The number of aromatic hydroxyl groups is 2. The van der Waals surface area contributed by atoms with E-state index in [0.717, 1.165) is 16.7 Å². The number of azo groups is 2. The molecule has 2 heterocycles. The molecule has 0 bridgehead atoms. The van der Waals surface area contributed by atoms with Crippen LogP contribution in [0, 0.1) is 34.6 Å². The second-order valence-corrected chi connectivity index (χ2v) is 13.4. The second-order valence-electron chi connectivity index (χ2n) is 13.4. The molecule has 7 aromatic rings. The molecule has 5 aromatic carbocycles. The van der Waals surface area contributed by atoms with Gasteiger partial charge in [0.15, 0.2) is 11.4 Å². The van der Waals surface area contributed by atoms with Crippen LogP contribution in [0.3, 0.4) is 0 Å². The molecule has 0 aliphatic heterocycles. The number of aromatic nitrogens is 4. The first-order valence-electron chi connectivity index (χ1n) is 17.9. The minimum atomic E-state index is -0.328. The van der Waals surface area contributed by atoms with Crippen LogP contribution in [0.2, 0.25) is 0 Å². The molecule has 14 heteroatoms. The first-order valence-corrected chi connectivity index (χ1v) is 17.9. The van der Waals surface area contributed by atoms with E-state index in [2.05, 4.69) is 41.3 Å². The van der Waals surface area contributed by atoms with Crippen LogP contribution in [0.4, 0.5) is 34.1 Å². The van der Waals surface area contributed by atoms with Crippen LogP contribution in [0.25, 0.3) is 11.4 Å². The van der Waals surface area contributed by atoms with Crippen molar-refractivity contribution in [2.45, 2.75) is 34.6 Å². The van der Waals surface area contributed by atoms with Crippen LogP contribution in [0.15, 0.2) is 136 Å². The summed E-state index contributed by atoms with van der Waals surface area (Å²) < 4.78 is 2.82. The molecule has 0 atom stereocenters. The molecule has 0 saturated carbocycles. The third kappa shape index (κ3) is 8.34. The fourth-order valence-electron chi connectivity index (χ4n) is 5.83. The molecule has 0 aliphatic carbocycles.